The van der Waals surface area contributed by atoms with Gasteiger partial charge < -0.3 is 19.4 Å². The number of imidazole rings is 1. The van der Waals surface area contributed by atoms with E-state index < -0.39 is 0 Å². The molecule has 1 N–H and O–H groups in total. The third-order valence-corrected chi connectivity index (χ3v) is 6.18. The summed E-state index contributed by atoms with van der Waals surface area (Å²) >= 11 is 0. The van der Waals surface area contributed by atoms with Crippen LogP contribution in [0.2, 0.25) is 0 Å². The number of benzene rings is 2. The predicted octanol–water partition coefficient (Wildman–Crippen LogP) is 7.35. The fraction of sp³-hybridized carbons (Fsp3) is 0.519. The molecule has 2 atom stereocenters. The van der Waals surface area contributed by atoms with Gasteiger partial charge in [0.1, 0.15) is 11.5 Å². The number of fused-ring (bicyclic) bond motifs is 1. The van der Waals surface area contributed by atoms with Crippen molar-refractivity contribution in [2.45, 2.75) is 73.0 Å². The molecule has 1 aliphatic rings. The smallest absolute Gasteiger partial charge is 0.208 e. The van der Waals surface area contributed by atoms with Crippen LogP contribution in [-0.4, -0.2) is 22.3 Å². The van der Waals surface area contributed by atoms with Crippen LogP contribution in [0.5, 0.6) is 11.5 Å². The molecule has 5 nitrogen and oxygen atoms in total. The molecule has 1 aromatic heterocycles. The molecule has 0 aliphatic heterocycles. The van der Waals surface area contributed by atoms with Crippen molar-refractivity contribution in [3.8, 4) is 11.5 Å². The van der Waals surface area contributed by atoms with Crippen molar-refractivity contribution in [1.29, 1.82) is 0 Å². The molecule has 172 valence electrons. The number of rotatable bonds is 7. The lowest BCUT2D eigenvalue weighted by Crippen LogP contribution is -2.29. The zero-order valence-corrected chi connectivity index (χ0v) is 20.3. The Labute approximate surface area is 192 Å². The fourth-order valence-corrected chi connectivity index (χ4v) is 5.30. The maximum absolute atomic E-state index is 5.82. The van der Waals surface area contributed by atoms with E-state index in [2.05, 4.69) is 54.9 Å². The molecule has 0 bridgehead atoms. The Morgan fingerprint density at radius 3 is 2.47 bits per heavy atom. The highest BCUT2D eigenvalue weighted by Crippen LogP contribution is 2.46. The SMILES string of the molecule is CCOc1ccc2nc(Nc3ccc(OC(C)C)cc3)n([C@@H]3C[C@H](C)CC(C)(C)C3)c2c1. The second kappa shape index (κ2) is 9.05. The summed E-state index contributed by atoms with van der Waals surface area (Å²) in [6.07, 6.45) is 3.72. The molecule has 0 saturated heterocycles. The van der Waals surface area contributed by atoms with Gasteiger partial charge in [-0.25, -0.2) is 4.98 Å². The highest BCUT2D eigenvalue weighted by Gasteiger charge is 2.34. The summed E-state index contributed by atoms with van der Waals surface area (Å²) in [5, 5.41) is 3.59. The summed E-state index contributed by atoms with van der Waals surface area (Å²) in [6.45, 7) is 13.9. The van der Waals surface area contributed by atoms with Gasteiger partial charge in [0.15, 0.2) is 0 Å². The van der Waals surface area contributed by atoms with Crippen LogP contribution in [0.15, 0.2) is 42.5 Å². The predicted molar refractivity (Wildman–Crippen MR) is 132 cm³/mol. The quantitative estimate of drug-likeness (QED) is 0.421. The minimum absolute atomic E-state index is 0.161. The van der Waals surface area contributed by atoms with E-state index in [1.54, 1.807) is 0 Å². The first-order valence-electron chi connectivity index (χ1n) is 11.9. The van der Waals surface area contributed by atoms with Crippen LogP contribution in [0, 0.1) is 11.3 Å². The summed E-state index contributed by atoms with van der Waals surface area (Å²) in [6, 6.07) is 14.7. The van der Waals surface area contributed by atoms with Crippen molar-refractivity contribution >= 4 is 22.7 Å². The van der Waals surface area contributed by atoms with Gasteiger partial charge in [-0.05, 0) is 87.8 Å². The van der Waals surface area contributed by atoms with Crippen molar-refractivity contribution < 1.29 is 9.47 Å². The van der Waals surface area contributed by atoms with Gasteiger partial charge in [0.05, 0.1) is 23.7 Å². The monoisotopic (exact) mass is 435 g/mol. The number of hydrogen-bond donors (Lipinski definition) is 1. The van der Waals surface area contributed by atoms with Gasteiger partial charge in [-0.3, -0.25) is 0 Å². The lowest BCUT2D eigenvalue weighted by molar-refractivity contribution is 0.140. The Kier molecular flexibility index (Phi) is 6.36. The van der Waals surface area contributed by atoms with E-state index in [1.807, 2.05) is 39.0 Å². The first kappa shape index (κ1) is 22.5. The summed E-state index contributed by atoms with van der Waals surface area (Å²) in [7, 11) is 0. The number of nitrogens with one attached hydrogen (secondary N) is 1. The molecule has 0 amide bonds. The first-order chi connectivity index (χ1) is 15.2. The molecule has 1 heterocycles. The molecule has 3 aromatic rings. The summed E-state index contributed by atoms with van der Waals surface area (Å²) in [5.41, 5.74) is 3.44. The van der Waals surface area contributed by atoms with Crippen LogP contribution in [0.3, 0.4) is 0 Å². The van der Waals surface area contributed by atoms with Crippen LogP contribution in [0.25, 0.3) is 11.0 Å². The highest BCUT2D eigenvalue weighted by molar-refractivity contribution is 5.81. The van der Waals surface area contributed by atoms with Crippen molar-refractivity contribution in [3.63, 3.8) is 0 Å². The van der Waals surface area contributed by atoms with Gasteiger partial charge in [0.25, 0.3) is 0 Å². The summed E-state index contributed by atoms with van der Waals surface area (Å²) in [5.74, 6) is 3.34. The lowest BCUT2D eigenvalue weighted by Gasteiger charge is -2.40. The number of hydrogen-bond acceptors (Lipinski definition) is 4. The third kappa shape index (κ3) is 5.03. The van der Waals surface area contributed by atoms with Crippen molar-refractivity contribution in [2.24, 2.45) is 11.3 Å². The normalized spacial score (nSPS) is 20.5. The molecule has 2 aromatic carbocycles. The second-order valence-corrected chi connectivity index (χ2v) is 10.3. The maximum Gasteiger partial charge on any atom is 0.208 e. The first-order valence-corrected chi connectivity index (χ1v) is 11.9. The molecule has 5 heteroatoms. The molecule has 1 aliphatic carbocycles. The summed E-state index contributed by atoms with van der Waals surface area (Å²) in [4.78, 5) is 4.99. The molecule has 1 saturated carbocycles. The Balaban J connectivity index is 1.73. The number of anilines is 2. The second-order valence-electron chi connectivity index (χ2n) is 10.3. The summed E-state index contributed by atoms with van der Waals surface area (Å²) < 4.78 is 14.0. The van der Waals surface area contributed by atoms with Gasteiger partial charge in [-0.15, -0.1) is 0 Å². The fourth-order valence-electron chi connectivity index (χ4n) is 5.30. The van der Waals surface area contributed by atoms with Crippen molar-refractivity contribution in [3.05, 3.63) is 42.5 Å². The van der Waals surface area contributed by atoms with Gasteiger partial charge >= 0.3 is 0 Å². The highest BCUT2D eigenvalue weighted by atomic mass is 16.5. The molecule has 0 spiro atoms. The van der Waals surface area contributed by atoms with Crippen LogP contribution in [0.1, 0.15) is 66.8 Å². The lowest BCUT2D eigenvalue weighted by atomic mass is 9.70. The van der Waals surface area contributed by atoms with Crippen LogP contribution in [0.4, 0.5) is 11.6 Å². The minimum atomic E-state index is 0.161. The standard InChI is InChI=1S/C27H37N3O2/c1-7-31-23-12-13-24-25(15-23)30(21-14-19(4)16-27(5,6)17-21)26(29-24)28-20-8-10-22(11-9-20)32-18(2)3/h8-13,15,18-19,21H,7,14,16-17H2,1-6H3,(H,28,29)/t19-,21+/m0/s1. The number of aromatic nitrogens is 2. The van der Waals surface area contributed by atoms with Gasteiger partial charge in [-0.2, -0.15) is 0 Å². The zero-order chi connectivity index (χ0) is 22.9. The molecule has 0 radical (unpaired) electrons. The molecule has 1 fully saturated rings. The minimum Gasteiger partial charge on any atom is -0.494 e. The largest absolute Gasteiger partial charge is 0.494 e. The number of ether oxygens (including phenoxy) is 2. The van der Waals surface area contributed by atoms with Gasteiger partial charge in [0, 0.05) is 17.8 Å². The van der Waals surface area contributed by atoms with E-state index in [0.29, 0.717) is 24.0 Å². The van der Waals surface area contributed by atoms with Crippen LogP contribution >= 0.6 is 0 Å². The van der Waals surface area contributed by atoms with Crippen LogP contribution in [-0.2, 0) is 0 Å². The van der Waals surface area contributed by atoms with E-state index in [-0.39, 0.29) is 6.10 Å². The van der Waals surface area contributed by atoms with E-state index in [0.717, 1.165) is 47.0 Å². The van der Waals surface area contributed by atoms with Gasteiger partial charge in [-0.1, -0.05) is 20.8 Å². The number of nitrogens with zero attached hydrogens (tertiary/aromatic N) is 2. The van der Waals surface area contributed by atoms with E-state index in [9.17, 15) is 0 Å². The molecular weight excluding hydrogens is 398 g/mol. The van der Waals surface area contributed by atoms with Crippen molar-refractivity contribution in [1.82, 2.24) is 9.55 Å². The average molecular weight is 436 g/mol. The van der Waals surface area contributed by atoms with Crippen LogP contribution < -0.4 is 14.8 Å². The average Bonchev–Trinajstić information content (AvgIpc) is 3.05. The molecule has 0 unspecified atom stereocenters. The Morgan fingerprint density at radius 1 is 1.09 bits per heavy atom. The Hall–Kier alpha value is -2.69. The van der Waals surface area contributed by atoms with Gasteiger partial charge in [0.2, 0.25) is 5.95 Å². The molecular formula is C27H37N3O2. The maximum atomic E-state index is 5.82. The third-order valence-electron chi connectivity index (χ3n) is 6.18. The van der Waals surface area contributed by atoms with Crippen molar-refractivity contribution in [2.75, 3.05) is 11.9 Å². The van der Waals surface area contributed by atoms with E-state index in [1.165, 1.54) is 6.42 Å². The Bertz CT molecular complexity index is 1050. The topological polar surface area (TPSA) is 48.3 Å². The van der Waals surface area contributed by atoms with E-state index >= 15 is 0 Å². The Morgan fingerprint density at radius 2 is 1.81 bits per heavy atom. The van der Waals surface area contributed by atoms with E-state index in [4.69, 9.17) is 14.5 Å². The molecule has 4 rings (SSSR count). The zero-order valence-electron chi connectivity index (χ0n) is 20.3. The molecule has 32 heavy (non-hydrogen) atoms.